The Kier molecular flexibility index (Phi) is 5.02. The van der Waals surface area contributed by atoms with Gasteiger partial charge in [0.15, 0.2) is 0 Å². The summed E-state index contributed by atoms with van der Waals surface area (Å²) in [6.07, 6.45) is -3.92. The molecule has 1 unspecified atom stereocenters. The molecule has 0 saturated carbocycles. The summed E-state index contributed by atoms with van der Waals surface area (Å²) in [5, 5.41) is 4.84. The number of carbonyl (C=O) groups excluding carboxylic acids is 2. The second-order valence-corrected chi connectivity index (χ2v) is 5.91. The van der Waals surface area contributed by atoms with E-state index in [1.807, 2.05) is 0 Å². The zero-order chi connectivity index (χ0) is 19.6. The van der Waals surface area contributed by atoms with Gasteiger partial charge in [-0.2, -0.15) is 13.2 Å². The van der Waals surface area contributed by atoms with Gasteiger partial charge < -0.3 is 15.4 Å². The molecule has 3 rings (SSSR count). The summed E-state index contributed by atoms with van der Waals surface area (Å²) < 4.78 is 57.1. The van der Waals surface area contributed by atoms with Gasteiger partial charge in [-0.1, -0.05) is 0 Å². The lowest BCUT2D eigenvalue weighted by Gasteiger charge is -2.13. The molecule has 1 fully saturated rings. The monoisotopic (exact) mass is 382 g/mol. The number of amides is 2. The maximum atomic E-state index is 13.9. The summed E-state index contributed by atoms with van der Waals surface area (Å²) >= 11 is 0. The fourth-order valence-corrected chi connectivity index (χ4v) is 2.54. The Morgan fingerprint density at radius 3 is 2.37 bits per heavy atom. The highest BCUT2D eigenvalue weighted by Crippen LogP contribution is 2.32. The van der Waals surface area contributed by atoms with Gasteiger partial charge in [0.05, 0.1) is 11.3 Å². The largest absolute Gasteiger partial charge is 0.457 e. The van der Waals surface area contributed by atoms with Gasteiger partial charge in [-0.25, -0.2) is 4.39 Å². The molecule has 2 amide bonds. The predicted octanol–water partition coefficient (Wildman–Crippen LogP) is 3.85. The number of hydrogen-bond donors (Lipinski definition) is 2. The van der Waals surface area contributed by atoms with Crippen LogP contribution < -0.4 is 15.4 Å². The molecule has 2 aromatic carbocycles. The summed E-state index contributed by atoms with van der Waals surface area (Å²) in [4.78, 5) is 23.2. The van der Waals surface area contributed by atoms with E-state index in [0.29, 0.717) is 6.42 Å². The van der Waals surface area contributed by atoms with E-state index in [1.165, 1.54) is 12.1 Å². The minimum absolute atomic E-state index is 0.120. The predicted molar refractivity (Wildman–Crippen MR) is 87.7 cm³/mol. The number of carbonyl (C=O) groups is 2. The molecule has 0 radical (unpaired) electrons. The van der Waals surface area contributed by atoms with Crippen LogP contribution in [0.3, 0.4) is 0 Å². The molecule has 5 nitrogen and oxygen atoms in total. The normalized spacial score (nSPS) is 16.7. The summed E-state index contributed by atoms with van der Waals surface area (Å²) in [7, 11) is 0. The molecule has 0 bridgehead atoms. The lowest BCUT2D eigenvalue weighted by molar-refractivity contribution is -0.137. The number of anilines is 1. The summed E-state index contributed by atoms with van der Waals surface area (Å²) in [6, 6.07) is 6.81. The number of ether oxygens (including phenoxy) is 1. The van der Waals surface area contributed by atoms with Crippen LogP contribution in [0.15, 0.2) is 42.5 Å². The Hall–Kier alpha value is -3.10. The molecule has 27 heavy (non-hydrogen) atoms. The maximum absolute atomic E-state index is 13.9. The molecule has 1 atom stereocenters. The van der Waals surface area contributed by atoms with Crippen molar-refractivity contribution in [3.8, 4) is 11.5 Å². The van der Waals surface area contributed by atoms with Crippen molar-refractivity contribution >= 4 is 17.5 Å². The third-order valence-electron chi connectivity index (χ3n) is 3.92. The van der Waals surface area contributed by atoms with Gasteiger partial charge in [0, 0.05) is 12.5 Å². The molecule has 1 aliphatic heterocycles. The Labute approximate surface area is 151 Å². The molecule has 2 N–H and O–H groups in total. The lowest BCUT2D eigenvalue weighted by Crippen LogP contribution is -2.37. The smallest absolute Gasteiger partial charge is 0.416 e. The van der Waals surface area contributed by atoms with Crippen LogP contribution in [0.25, 0.3) is 0 Å². The van der Waals surface area contributed by atoms with Gasteiger partial charge >= 0.3 is 6.18 Å². The molecule has 0 aromatic heterocycles. The van der Waals surface area contributed by atoms with E-state index in [9.17, 15) is 27.2 Å². The maximum Gasteiger partial charge on any atom is 0.416 e. The van der Waals surface area contributed by atoms with E-state index in [4.69, 9.17) is 4.74 Å². The summed E-state index contributed by atoms with van der Waals surface area (Å²) in [6.45, 7) is 0. The van der Waals surface area contributed by atoms with Crippen LogP contribution in [0.4, 0.5) is 23.2 Å². The Morgan fingerprint density at radius 2 is 1.78 bits per heavy atom. The van der Waals surface area contributed by atoms with Gasteiger partial charge in [0.25, 0.3) is 0 Å². The molecular formula is C18H14F4N2O3. The van der Waals surface area contributed by atoms with Crippen molar-refractivity contribution in [2.75, 3.05) is 5.32 Å². The second kappa shape index (κ2) is 7.26. The highest BCUT2D eigenvalue weighted by Gasteiger charge is 2.30. The number of benzene rings is 2. The van der Waals surface area contributed by atoms with Crippen molar-refractivity contribution in [2.45, 2.75) is 25.1 Å². The first-order valence-electron chi connectivity index (χ1n) is 7.97. The van der Waals surface area contributed by atoms with E-state index in [-0.39, 0.29) is 29.5 Å². The average molecular weight is 382 g/mol. The minimum Gasteiger partial charge on any atom is -0.457 e. The number of nitrogens with one attached hydrogen (secondary N) is 2. The van der Waals surface area contributed by atoms with Gasteiger partial charge in [-0.05, 0) is 42.8 Å². The number of halogens is 4. The van der Waals surface area contributed by atoms with Crippen LogP contribution in [0, 0.1) is 5.82 Å². The topological polar surface area (TPSA) is 67.4 Å². The quantitative estimate of drug-likeness (QED) is 0.790. The number of rotatable bonds is 4. The third kappa shape index (κ3) is 4.55. The summed E-state index contributed by atoms with van der Waals surface area (Å²) in [5.41, 5.74) is -0.980. The first kappa shape index (κ1) is 18.7. The SMILES string of the molecule is O=C1CCC(C(=O)Nc2cc(Oc3ccc(C(F)(F)F)cc3)ccc2F)N1. The van der Waals surface area contributed by atoms with Crippen molar-refractivity contribution < 1.29 is 31.9 Å². The first-order chi connectivity index (χ1) is 12.7. The van der Waals surface area contributed by atoms with Crippen LogP contribution >= 0.6 is 0 Å². The van der Waals surface area contributed by atoms with E-state index in [0.717, 1.165) is 30.3 Å². The van der Waals surface area contributed by atoms with Crippen LogP contribution in [0.2, 0.25) is 0 Å². The molecule has 0 spiro atoms. The zero-order valence-electron chi connectivity index (χ0n) is 13.8. The van der Waals surface area contributed by atoms with Crippen LogP contribution in [0.5, 0.6) is 11.5 Å². The Morgan fingerprint density at radius 1 is 1.11 bits per heavy atom. The van der Waals surface area contributed by atoms with Crippen molar-refractivity contribution in [3.63, 3.8) is 0 Å². The number of alkyl halides is 3. The Bertz CT molecular complexity index is 866. The first-order valence-corrected chi connectivity index (χ1v) is 7.97. The van der Waals surface area contributed by atoms with E-state index >= 15 is 0 Å². The van der Waals surface area contributed by atoms with Crippen molar-refractivity contribution in [1.82, 2.24) is 5.32 Å². The minimum atomic E-state index is -4.46. The lowest BCUT2D eigenvalue weighted by atomic mass is 10.2. The highest BCUT2D eigenvalue weighted by atomic mass is 19.4. The summed E-state index contributed by atoms with van der Waals surface area (Å²) in [5.74, 6) is -1.29. The average Bonchev–Trinajstić information content (AvgIpc) is 3.04. The fraction of sp³-hybridized carbons (Fsp3) is 0.222. The molecule has 9 heteroatoms. The molecule has 142 valence electrons. The molecule has 1 aliphatic rings. The van der Waals surface area contributed by atoms with Gasteiger partial charge in [-0.3, -0.25) is 9.59 Å². The standard InChI is InChI=1S/C18H14F4N2O3/c19-13-6-5-12(27-11-3-1-10(2-4-11)18(20,21)22)9-15(13)24-17(26)14-7-8-16(25)23-14/h1-6,9,14H,7-8H2,(H,23,25)(H,24,26). The van der Waals surface area contributed by atoms with E-state index < -0.39 is 29.5 Å². The third-order valence-corrected chi connectivity index (χ3v) is 3.92. The highest BCUT2D eigenvalue weighted by molar-refractivity contribution is 5.99. The van der Waals surface area contributed by atoms with Gasteiger partial charge in [-0.15, -0.1) is 0 Å². The molecule has 0 aliphatic carbocycles. The Balaban J connectivity index is 1.71. The van der Waals surface area contributed by atoms with Gasteiger partial charge in [0.1, 0.15) is 23.4 Å². The van der Waals surface area contributed by atoms with Crippen molar-refractivity contribution in [1.29, 1.82) is 0 Å². The molecule has 1 heterocycles. The van der Waals surface area contributed by atoms with Crippen LogP contribution in [-0.2, 0) is 15.8 Å². The number of hydrogen-bond acceptors (Lipinski definition) is 3. The van der Waals surface area contributed by atoms with E-state index in [2.05, 4.69) is 10.6 Å². The van der Waals surface area contributed by atoms with Crippen LogP contribution in [-0.4, -0.2) is 17.9 Å². The van der Waals surface area contributed by atoms with Gasteiger partial charge in [0.2, 0.25) is 11.8 Å². The van der Waals surface area contributed by atoms with Crippen LogP contribution in [0.1, 0.15) is 18.4 Å². The second-order valence-electron chi connectivity index (χ2n) is 5.91. The molecule has 1 saturated heterocycles. The molecular weight excluding hydrogens is 368 g/mol. The fourth-order valence-electron chi connectivity index (χ4n) is 2.54. The van der Waals surface area contributed by atoms with Crippen molar-refractivity contribution in [3.05, 3.63) is 53.8 Å². The van der Waals surface area contributed by atoms with Crippen molar-refractivity contribution in [2.24, 2.45) is 0 Å². The molecule has 2 aromatic rings. The van der Waals surface area contributed by atoms with E-state index in [1.54, 1.807) is 0 Å². The zero-order valence-corrected chi connectivity index (χ0v) is 13.8.